The summed E-state index contributed by atoms with van der Waals surface area (Å²) in [6.07, 6.45) is 0.713. The van der Waals surface area contributed by atoms with Crippen LogP contribution in [0.2, 0.25) is 0 Å². The Morgan fingerprint density at radius 2 is 2.32 bits per heavy atom. The van der Waals surface area contributed by atoms with E-state index in [2.05, 4.69) is 4.90 Å². The van der Waals surface area contributed by atoms with Crippen LogP contribution in [0.4, 0.5) is 5.69 Å². The molecule has 1 aliphatic rings. The number of ether oxygens (including phenoxy) is 1. The highest BCUT2D eigenvalue weighted by molar-refractivity contribution is 5.43. The van der Waals surface area contributed by atoms with Crippen LogP contribution in [-0.2, 0) is 6.54 Å². The Bertz CT molecular complexity index is 488. The molecule has 1 fully saturated rings. The molecular weight excluding hydrogens is 248 g/mol. The van der Waals surface area contributed by atoms with Crippen molar-refractivity contribution in [1.82, 2.24) is 4.90 Å². The van der Waals surface area contributed by atoms with Crippen LogP contribution in [0.1, 0.15) is 18.9 Å². The van der Waals surface area contributed by atoms with Gasteiger partial charge in [0.05, 0.1) is 17.6 Å². The molecule has 0 bridgehead atoms. The van der Waals surface area contributed by atoms with E-state index in [0.717, 1.165) is 12.1 Å². The molecule has 0 amide bonds. The summed E-state index contributed by atoms with van der Waals surface area (Å²) >= 11 is 0. The van der Waals surface area contributed by atoms with Crippen LogP contribution >= 0.6 is 0 Å². The van der Waals surface area contributed by atoms with E-state index in [1.165, 1.54) is 12.1 Å². The number of methoxy groups -OCH3 is 1. The first-order chi connectivity index (χ1) is 8.91. The van der Waals surface area contributed by atoms with E-state index in [4.69, 9.17) is 4.74 Å². The Kier molecular flexibility index (Phi) is 3.73. The number of likely N-dealkylation sites (tertiary alicyclic amines) is 1. The largest absolute Gasteiger partial charge is 0.496 e. The minimum absolute atomic E-state index is 0.0572. The van der Waals surface area contributed by atoms with E-state index < -0.39 is 10.5 Å². The van der Waals surface area contributed by atoms with Gasteiger partial charge in [-0.3, -0.25) is 15.0 Å². The fraction of sp³-hybridized carbons (Fsp3) is 0.538. The van der Waals surface area contributed by atoms with Crippen molar-refractivity contribution < 1.29 is 14.8 Å². The number of hydrogen-bond acceptors (Lipinski definition) is 5. The Hall–Kier alpha value is -1.66. The van der Waals surface area contributed by atoms with E-state index in [-0.39, 0.29) is 5.69 Å². The summed E-state index contributed by atoms with van der Waals surface area (Å²) in [4.78, 5) is 12.5. The second kappa shape index (κ2) is 5.14. The molecule has 6 nitrogen and oxygen atoms in total. The third-order valence-electron chi connectivity index (χ3n) is 3.40. The Balaban J connectivity index is 2.18. The van der Waals surface area contributed by atoms with Gasteiger partial charge in [0.1, 0.15) is 5.75 Å². The van der Waals surface area contributed by atoms with Crippen molar-refractivity contribution in [2.24, 2.45) is 0 Å². The lowest BCUT2D eigenvalue weighted by molar-refractivity contribution is -0.384. The zero-order valence-electron chi connectivity index (χ0n) is 11.1. The van der Waals surface area contributed by atoms with Crippen LogP contribution < -0.4 is 4.74 Å². The summed E-state index contributed by atoms with van der Waals surface area (Å²) in [5, 5.41) is 20.7. The SMILES string of the molecule is COc1ccc([N+](=O)[O-])cc1CN1CCC(C)(O)C1. The Morgan fingerprint density at radius 3 is 2.84 bits per heavy atom. The summed E-state index contributed by atoms with van der Waals surface area (Å²) in [7, 11) is 1.55. The summed E-state index contributed by atoms with van der Waals surface area (Å²) in [6.45, 7) is 3.69. The minimum atomic E-state index is -0.673. The molecule has 6 heteroatoms. The summed E-state index contributed by atoms with van der Waals surface area (Å²) in [5.41, 5.74) is 0.157. The second-order valence-corrected chi connectivity index (χ2v) is 5.21. The third kappa shape index (κ3) is 3.21. The van der Waals surface area contributed by atoms with Crippen LogP contribution in [0.25, 0.3) is 0 Å². The van der Waals surface area contributed by atoms with Gasteiger partial charge in [-0.25, -0.2) is 0 Å². The molecule has 104 valence electrons. The molecule has 1 aromatic rings. The number of β-amino-alcohol motifs (C(OH)–C–C–N with tert-alkyl or cyclic N) is 1. The highest BCUT2D eigenvalue weighted by atomic mass is 16.6. The molecule has 19 heavy (non-hydrogen) atoms. The maximum absolute atomic E-state index is 10.8. The number of aliphatic hydroxyl groups is 1. The van der Waals surface area contributed by atoms with Crippen molar-refractivity contribution >= 4 is 5.69 Å². The van der Waals surface area contributed by atoms with Crippen LogP contribution in [0.15, 0.2) is 18.2 Å². The van der Waals surface area contributed by atoms with E-state index in [0.29, 0.717) is 25.3 Å². The first-order valence-corrected chi connectivity index (χ1v) is 6.17. The van der Waals surface area contributed by atoms with Crippen LogP contribution in [-0.4, -0.2) is 40.7 Å². The van der Waals surface area contributed by atoms with Gasteiger partial charge in [-0.1, -0.05) is 0 Å². The van der Waals surface area contributed by atoms with Crippen LogP contribution in [0.3, 0.4) is 0 Å². The Morgan fingerprint density at radius 1 is 1.58 bits per heavy atom. The lowest BCUT2D eigenvalue weighted by atomic mass is 10.1. The standard InChI is InChI=1S/C13H18N2O4/c1-13(16)5-6-14(9-13)8-10-7-11(15(17)18)3-4-12(10)19-2/h3-4,7,16H,5-6,8-9H2,1-2H3. The summed E-state index contributed by atoms with van der Waals surface area (Å²) in [5.74, 6) is 0.636. The molecule has 1 N–H and O–H groups in total. The highest BCUT2D eigenvalue weighted by Crippen LogP contribution is 2.28. The molecule has 1 atom stereocenters. The fourth-order valence-electron chi connectivity index (χ4n) is 2.42. The van der Waals surface area contributed by atoms with E-state index >= 15 is 0 Å². The fourth-order valence-corrected chi connectivity index (χ4v) is 2.42. The first kappa shape index (κ1) is 13.8. The number of nitro benzene ring substituents is 1. The van der Waals surface area contributed by atoms with Gasteiger partial charge in [0.2, 0.25) is 0 Å². The monoisotopic (exact) mass is 266 g/mol. The normalized spacial score (nSPS) is 23.5. The average Bonchev–Trinajstić information content (AvgIpc) is 2.68. The van der Waals surface area contributed by atoms with Crippen molar-refractivity contribution in [3.8, 4) is 5.75 Å². The molecule has 0 aromatic heterocycles. The lowest BCUT2D eigenvalue weighted by Crippen LogP contribution is -2.29. The zero-order chi connectivity index (χ0) is 14.0. The number of hydrogen-bond donors (Lipinski definition) is 1. The average molecular weight is 266 g/mol. The van der Waals surface area contributed by atoms with Gasteiger partial charge < -0.3 is 9.84 Å². The van der Waals surface area contributed by atoms with E-state index in [1.54, 1.807) is 20.1 Å². The van der Waals surface area contributed by atoms with Crippen LogP contribution in [0, 0.1) is 10.1 Å². The van der Waals surface area contributed by atoms with Crippen molar-refractivity contribution in [1.29, 1.82) is 0 Å². The van der Waals surface area contributed by atoms with Crippen molar-refractivity contribution in [3.05, 3.63) is 33.9 Å². The molecule has 2 rings (SSSR count). The van der Waals surface area contributed by atoms with Gasteiger partial charge in [-0.2, -0.15) is 0 Å². The van der Waals surface area contributed by atoms with Gasteiger partial charge in [-0.15, -0.1) is 0 Å². The molecule has 0 radical (unpaired) electrons. The number of nitro groups is 1. The number of non-ortho nitro benzene ring substituents is 1. The third-order valence-corrected chi connectivity index (χ3v) is 3.40. The smallest absolute Gasteiger partial charge is 0.270 e. The first-order valence-electron chi connectivity index (χ1n) is 6.17. The minimum Gasteiger partial charge on any atom is -0.496 e. The van der Waals surface area contributed by atoms with E-state index in [9.17, 15) is 15.2 Å². The maximum atomic E-state index is 10.8. The zero-order valence-corrected chi connectivity index (χ0v) is 11.1. The number of benzene rings is 1. The number of nitrogens with zero attached hydrogens (tertiary/aromatic N) is 2. The summed E-state index contributed by atoms with van der Waals surface area (Å²) < 4.78 is 5.23. The highest BCUT2D eigenvalue weighted by Gasteiger charge is 2.31. The lowest BCUT2D eigenvalue weighted by Gasteiger charge is -2.19. The Labute approximate surface area is 111 Å². The van der Waals surface area contributed by atoms with Crippen molar-refractivity contribution in [2.45, 2.75) is 25.5 Å². The molecule has 1 aromatic carbocycles. The molecule has 1 saturated heterocycles. The van der Waals surface area contributed by atoms with Gasteiger partial charge in [0.25, 0.3) is 5.69 Å². The number of rotatable bonds is 4. The molecule has 1 unspecified atom stereocenters. The predicted molar refractivity (Wildman–Crippen MR) is 70.2 cm³/mol. The summed E-state index contributed by atoms with van der Waals surface area (Å²) in [6, 6.07) is 4.58. The topological polar surface area (TPSA) is 75.8 Å². The van der Waals surface area contributed by atoms with Gasteiger partial charge in [-0.05, 0) is 19.4 Å². The molecule has 0 spiro atoms. The quantitative estimate of drug-likeness (QED) is 0.661. The van der Waals surface area contributed by atoms with Gasteiger partial charge in [0.15, 0.2) is 0 Å². The van der Waals surface area contributed by atoms with Crippen LogP contribution in [0.5, 0.6) is 5.75 Å². The predicted octanol–water partition coefficient (Wildman–Crippen LogP) is 1.56. The van der Waals surface area contributed by atoms with Crippen molar-refractivity contribution in [2.75, 3.05) is 20.2 Å². The molecule has 0 saturated carbocycles. The molecule has 1 aliphatic heterocycles. The second-order valence-electron chi connectivity index (χ2n) is 5.21. The molecule has 1 heterocycles. The van der Waals surface area contributed by atoms with Gasteiger partial charge in [0, 0.05) is 37.3 Å². The molecular formula is C13H18N2O4. The van der Waals surface area contributed by atoms with Crippen molar-refractivity contribution in [3.63, 3.8) is 0 Å². The van der Waals surface area contributed by atoms with Gasteiger partial charge >= 0.3 is 0 Å². The van der Waals surface area contributed by atoms with E-state index in [1.807, 2.05) is 0 Å². The molecule has 0 aliphatic carbocycles. The maximum Gasteiger partial charge on any atom is 0.270 e.